The molecule has 0 radical (unpaired) electrons. The highest BCUT2D eigenvalue weighted by atomic mass is 16.5. The van der Waals surface area contributed by atoms with Crippen LogP contribution in [0, 0.1) is 0 Å². The molecule has 1 heterocycles. The van der Waals surface area contributed by atoms with E-state index in [9.17, 15) is 4.79 Å². The molecule has 22 heavy (non-hydrogen) atoms. The number of carbonyl (C=O) groups is 1. The molecule has 0 saturated carbocycles. The van der Waals surface area contributed by atoms with E-state index in [0.29, 0.717) is 25.7 Å². The molecule has 0 aromatic carbocycles. The third kappa shape index (κ3) is 12.0. The van der Waals surface area contributed by atoms with Crippen molar-refractivity contribution >= 4 is 5.91 Å². The number of ether oxygens (including phenoxy) is 2. The minimum atomic E-state index is 0.261. The molecule has 4 nitrogen and oxygen atoms in total. The Morgan fingerprint density at radius 1 is 1.00 bits per heavy atom. The van der Waals surface area contributed by atoms with E-state index in [0.717, 1.165) is 39.0 Å². The molecule has 0 aromatic heterocycles. The van der Waals surface area contributed by atoms with E-state index in [2.05, 4.69) is 6.92 Å². The van der Waals surface area contributed by atoms with Crippen molar-refractivity contribution in [1.82, 2.24) is 4.90 Å². The molecule has 0 aromatic rings. The fourth-order valence-electron chi connectivity index (χ4n) is 2.12. The number of piperidine rings is 1. The number of rotatable bonds is 8. The molecule has 0 spiro atoms. The molecule has 1 aliphatic rings. The maximum Gasteiger partial charge on any atom is 0.222 e. The first-order valence-corrected chi connectivity index (χ1v) is 9.25. The predicted molar refractivity (Wildman–Crippen MR) is 94.3 cm³/mol. The maximum absolute atomic E-state index is 11.5. The van der Waals surface area contributed by atoms with Gasteiger partial charge in [-0.25, -0.2) is 0 Å². The number of hydrogen-bond donors (Lipinski definition) is 0. The predicted octanol–water partition coefficient (Wildman–Crippen LogP) is 4.27. The summed E-state index contributed by atoms with van der Waals surface area (Å²) in [6, 6.07) is 0. The molecule has 1 amide bonds. The van der Waals surface area contributed by atoms with Gasteiger partial charge in [0.15, 0.2) is 0 Å². The molecule has 0 bridgehead atoms. The fraction of sp³-hybridized carbons (Fsp3) is 0.944. The summed E-state index contributed by atoms with van der Waals surface area (Å²) in [4.78, 5) is 13.4. The van der Waals surface area contributed by atoms with E-state index in [-0.39, 0.29) is 5.91 Å². The standard InChI is InChI=1S/C14H27NO3.2C2H6/c1-3-5-10-17-11-12-18-13-6-8-15(9-7-13)14(16)4-2;2*1-2/h13H,3-12H2,1-2H3;2*1-2H3. The van der Waals surface area contributed by atoms with Crippen LogP contribution in [0.15, 0.2) is 0 Å². The third-order valence-electron chi connectivity index (χ3n) is 3.32. The van der Waals surface area contributed by atoms with Crippen LogP contribution in [0.25, 0.3) is 0 Å². The summed E-state index contributed by atoms with van der Waals surface area (Å²) >= 11 is 0. The Morgan fingerprint density at radius 3 is 2.09 bits per heavy atom. The van der Waals surface area contributed by atoms with Gasteiger partial charge in [0.2, 0.25) is 5.91 Å². The number of hydrogen-bond acceptors (Lipinski definition) is 3. The first-order chi connectivity index (χ1) is 10.8. The van der Waals surface area contributed by atoms with Gasteiger partial charge in [-0.05, 0) is 19.3 Å². The smallest absolute Gasteiger partial charge is 0.222 e. The van der Waals surface area contributed by atoms with E-state index < -0.39 is 0 Å². The minimum Gasteiger partial charge on any atom is -0.379 e. The Balaban J connectivity index is 0. The molecule has 1 fully saturated rings. The van der Waals surface area contributed by atoms with Gasteiger partial charge in [-0.1, -0.05) is 48.0 Å². The zero-order valence-electron chi connectivity index (χ0n) is 15.8. The second kappa shape index (κ2) is 18.4. The van der Waals surface area contributed by atoms with Gasteiger partial charge in [-0.15, -0.1) is 0 Å². The number of unbranched alkanes of at least 4 members (excludes halogenated alkanes) is 1. The van der Waals surface area contributed by atoms with Crippen LogP contribution < -0.4 is 0 Å². The van der Waals surface area contributed by atoms with Crippen LogP contribution in [0.5, 0.6) is 0 Å². The van der Waals surface area contributed by atoms with Crippen molar-refractivity contribution in [2.24, 2.45) is 0 Å². The molecular weight excluding hydrogens is 278 g/mol. The van der Waals surface area contributed by atoms with Crippen LogP contribution in [0.3, 0.4) is 0 Å². The average Bonchev–Trinajstić information content (AvgIpc) is 2.61. The lowest BCUT2D eigenvalue weighted by Crippen LogP contribution is -2.40. The largest absolute Gasteiger partial charge is 0.379 e. The van der Waals surface area contributed by atoms with Gasteiger partial charge < -0.3 is 14.4 Å². The van der Waals surface area contributed by atoms with E-state index in [1.165, 1.54) is 6.42 Å². The maximum atomic E-state index is 11.5. The van der Waals surface area contributed by atoms with Gasteiger partial charge in [0.25, 0.3) is 0 Å². The summed E-state index contributed by atoms with van der Waals surface area (Å²) < 4.78 is 11.2. The Labute approximate surface area is 138 Å². The van der Waals surface area contributed by atoms with Crippen molar-refractivity contribution < 1.29 is 14.3 Å². The fourth-order valence-corrected chi connectivity index (χ4v) is 2.12. The molecule has 0 atom stereocenters. The SMILES string of the molecule is CC.CC.CCCCOCCOC1CCN(C(=O)CC)CC1. The quantitative estimate of drug-likeness (QED) is 0.627. The van der Waals surface area contributed by atoms with Crippen LogP contribution >= 0.6 is 0 Å². The lowest BCUT2D eigenvalue weighted by Gasteiger charge is -2.31. The van der Waals surface area contributed by atoms with Gasteiger partial charge in [0.05, 0.1) is 19.3 Å². The van der Waals surface area contributed by atoms with Crippen molar-refractivity contribution in [3.8, 4) is 0 Å². The van der Waals surface area contributed by atoms with Crippen molar-refractivity contribution in [3.63, 3.8) is 0 Å². The molecule has 0 unspecified atom stereocenters. The summed E-state index contributed by atoms with van der Waals surface area (Å²) in [7, 11) is 0. The molecule has 1 saturated heterocycles. The molecule has 134 valence electrons. The lowest BCUT2D eigenvalue weighted by atomic mass is 10.1. The second-order valence-corrected chi connectivity index (χ2v) is 4.77. The van der Waals surface area contributed by atoms with Crippen LogP contribution in [0.4, 0.5) is 0 Å². The van der Waals surface area contributed by atoms with Gasteiger partial charge in [0.1, 0.15) is 0 Å². The molecular formula is C18H39NO3. The van der Waals surface area contributed by atoms with Crippen LogP contribution in [-0.2, 0) is 14.3 Å². The number of amides is 1. The van der Waals surface area contributed by atoms with Crippen molar-refractivity contribution in [2.75, 3.05) is 32.9 Å². The summed E-state index contributed by atoms with van der Waals surface area (Å²) in [5.74, 6) is 0.261. The monoisotopic (exact) mass is 317 g/mol. The number of likely N-dealkylation sites (tertiary alicyclic amines) is 1. The van der Waals surface area contributed by atoms with Crippen molar-refractivity contribution in [3.05, 3.63) is 0 Å². The van der Waals surface area contributed by atoms with Crippen molar-refractivity contribution in [1.29, 1.82) is 0 Å². The molecule has 0 N–H and O–H groups in total. The Morgan fingerprint density at radius 2 is 1.59 bits per heavy atom. The highest BCUT2D eigenvalue weighted by Gasteiger charge is 2.21. The van der Waals surface area contributed by atoms with E-state index in [4.69, 9.17) is 9.47 Å². The van der Waals surface area contributed by atoms with Gasteiger partial charge >= 0.3 is 0 Å². The first kappa shape index (κ1) is 23.7. The van der Waals surface area contributed by atoms with Crippen LogP contribution in [0.1, 0.15) is 73.6 Å². The first-order valence-electron chi connectivity index (χ1n) is 9.25. The van der Waals surface area contributed by atoms with E-state index in [1.807, 2.05) is 39.5 Å². The van der Waals surface area contributed by atoms with Gasteiger partial charge in [-0.3, -0.25) is 4.79 Å². The second-order valence-electron chi connectivity index (χ2n) is 4.77. The number of nitrogens with zero attached hydrogens (tertiary/aromatic N) is 1. The zero-order chi connectivity index (χ0) is 17.2. The van der Waals surface area contributed by atoms with Gasteiger partial charge in [-0.2, -0.15) is 0 Å². The summed E-state index contributed by atoms with van der Waals surface area (Å²) in [5, 5.41) is 0. The highest BCUT2D eigenvalue weighted by molar-refractivity contribution is 5.75. The summed E-state index contributed by atoms with van der Waals surface area (Å²) in [6.45, 7) is 16.0. The lowest BCUT2D eigenvalue weighted by molar-refractivity contribution is -0.133. The number of carbonyl (C=O) groups excluding carboxylic acids is 1. The van der Waals surface area contributed by atoms with Crippen LogP contribution in [-0.4, -0.2) is 49.8 Å². The van der Waals surface area contributed by atoms with Gasteiger partial charge in [0, 0.05) is 26.1 Å². The summed E-state index contributed by atoms with van der Waals surface area (Å²) in [6.07, 6.45) is 5.13. The molecule has 1 rings (SSSR count). The van der Waals surface area contributed by atoms with Crippen LogP contribution in [0.2, 0.25) is 0 Å². The Bertz CT molecular complexity index is 226. The Kier molecular flexibility index (Phi) is 19.8. The zero-order valence-corrected chi connectivity index (χ0v) is 15.8. The third-order valence-corrected chi connectivity index (χ3v) is 3.32. The van der Waals surface area contributed by atoms with Crippen molar-refractivity contribution in [2.45, 2.75) is 79.8 Å². The average molecular weight is 318 g/mol. The highest BCUT2D eigenvalue weighted by Crippen LogP contribution is 2.14. The Hall–Kier alpha value is -0.610. The normalized spacial score (nSPS) is 14.5. The molecule has 0 aliphatic carbocycles. The summed E-state index contributed by atoms with van der Waals surface area (Å²) in [5.41, 5.74) is 0. The molecule has 1 aliphatic heterocycles. The topological polar surface area (TPSA) is 38.8 Å². The minimum absolute atomic E-state index is 0.261. The van der Waals surface area contributed by atoms with E-state index in [1.54, 1.807) is 0 Å². The molecule has 4 heteroatoms. The van der Waals surface area contributed by atoms with E-state index >= 15 is 0 Å².